The van der Waals surface area contributed by atoms with Crippen molar-refractivity contribution in [1.29, 1.82) is 0 Å². The summed E-state index contributed by atoms with van der Waals surface area (Å²) in [5.41, 5.74) is 1.19. The number of hydrogen-bond acceptors (Lipinski definition) is 13. The molecule has 6 heterocycles. The minimum atomic E-state index is -1.19. The zero-order valence-corrected chi connectivity index (χ0v) is 28.0. The molecule has 2 aliphatic heterocycles. The number of aromatic carboxylic acids is 1. The van der Waals surface area contributed by atoms with E-state index in [0.717, 1.165) is 61.0 Å². The summed E-state index contributed by atoms with van der Waals surface area (Å²) in [4.78, 5) is 57.7. The summed E-state index contributed by atoms with van der Waals surface area (Å²) in [5, 5.41) is 36.7. The maximum absolute atomic E-state index is 12.1. The molecular formula is C30H36N8O8S2. The molecule has 0 amide bonds. The largest absolute Gasteiger partial charge is 0.477 e. The SMILES string of the molecule is CCOC(=O)c1cc([N+](=O)[O-])cn1Cc1csc(N2CCCCC2)n1.O=C(O)c1cc([N+](=O)[O-])cn1Cc1csc(N2CCCCC2)n1. The standard InChI is InChI=1S/C16H20N4O4S.C14H16N4O4S/c1-2-24-15(21)14-8-13(20(22)23)10-19(14)9-12-11-25-16(17-12)18-6-4-3-5-7-18;19-13(20)12-6-11(18(21)22)8-17(12)7-10-9-23-14(15-10)16-4-2-1-3-5-16/h8,10-11H,2-7,9H2,1H3;6,8-9H,1-5,7H2,(H,19,20). The molecule has 2 saturated heterocycles. The number of nitrogens with zero attached hydrogens (tertiary/aromatic N) is 8. The number of thiazole rings is 2. The Morgan fingerprint density at radius 3 is 1.65 bits per heavy atom. The van der Waals surface area contributed by atoms with Crippen molar-refractivity contribution < 1.29 is 29.3 Å². The lowest BCUT2D eigenvalue weighted by Crippen LogP contribution is -2.29. The van der Waals surface area contributed by atoms with Crippen molar-refractivity contribution in [2.75, 3.05) is 42.6 Å². The van der Waals surface area contributed by atoms with Gasteiger partial charge in [0, 0.05) is 49.1 Å². The third kappa shape index (κ3) is 8.54. The van der Waals surface area contributed by atoms with Gasteiger partial charge in [-0.15, -0.1) is 22.7 Å². The minimum absolute atomic E-state index is 0.107. The molecule has 16 nitrogen and oxygen atoms in total. The lowest BCUT2D eigenvalue weighted by atomic mass is 10.1. The fraction of sp³-hybridized carbons (Fsp3) is 0.467. The third-order valence-corrected chi connectivity index (χ3v) is 9.79. The van der Waals surface area contributed by atoms with Crippen LogP contribution in [0.25, 0.3) is 0 Å². The number of rotatable bonds is 11. The Labute approximate surface area is 283 Å². The first-order valence-corrected chi connectivity index (χ1v) is 17.4. The van der Waals surface area contributed by atoms with Gasteiger partial charge in [-0.1, -0.05) is 0 Å². The molecule has 4 aromatic heterocycles. The van der Waals surface area contributed by atoms with Gasteiger partial charge in [0.15, 0.2) is 10.3 Å². The number of anilines is 2. The van der Waals surface area contributed by atoms with E-state index in [1.807, 2.05) is 10.8 Å². The summed E-state index contributed by atoms with van der Waals surface area (Å²) >= 11 is 3.09. The highest BCUT2D eigenvalue weighted by Gasteiger charge is 2.23. The summed E-state index contributed by atoms with van der Waals surface area (Å²) in [6.45, 7) is 6.42. The zero-order chi connectivity index (χ0) is 34.2. The van der Waals surface area contributed by atoms with E-state index < -0.39 is 21.8 Å². The molecule has 2 aliphatic rings. The molecular weight excluding hydrogens is 665 g/mol. The Morgan fingerprint density at radius 1 is 0.792 bits per heavy atom. The van der Waals surface area contributed by atoms with Crippen molar-refractivity contribution in [1.82, 2.24) is 19.1 Å². The topological polar surface area (TPSA) is 192 Å². The molecule has 256 valence electrons. The van der Waals surface area contributed by atoms with Crippen LogP contribution in [0, 0.1) is 20.2 Å². The van der Waals surface area contributed by atoms with Crippen molar-refractivity contribution in [3.05, 3.63) is 78.3 Å². The quantitative estimate of drug-likeness (QED) is 0.115. The van der Waals surface area contributed by atoms with Gasteiger partial charge in [0.1, 0.15) is 11.4 Å². The number of nitro groups is 2. The monoisotopic (exact) mass is 700 g/mol. The molecule has 0 bridgehead atoms. The van der Waals surface area contributed by atoms with Crippen LogP contribution in [0.3, 0.4) is 0 Å². The van der Waals surface area contributed by atoms with Crippen molar-refractivity contribution in [3.63, 3.8) is 0 Å². The first-order chi connectivity index (χ1) is 23.1. The normalized spacial score (nSPS) is 14.7. The van der Waals surface area contributed by atoms with Gasteiger partial charge in [-0.25, -0.2) is 19.6 Å². The molecule has 0 aliphatic carbocycles. The van der Waals surface area contributed by atoms with Crippen LogP contribution in [-0.4, -0.2) is 78.8 Å². The average Bonchev–Trinajstić information content (AvgIpc) is 3.89. The molecule has 18 heteroatoms. The van der Waals surface area contributed by atoms with Gasteiger partial charge in [-0.3, -0.25) is 20.2 Å². The van der Waals surface area contributed by atoms with E-state index in [1.54, 1.807) is 18.3 Å². The summed E-state index contributed by atoms with van der Waals surface area (Å²) in [7, 11) is 0. The molecule has 0 aromatic carbocycles. The van der Waals surface area contributed by atoms with Crippen LogP contribution in [0.5, 0.6) is 0 Å². The van der Waals surface area contributed by atoms with Crippen LogP contribution in [0.4, 0.5) is 21.6 Å². The van der Waals surface area contributed by atoms with E-state index in [0.29, 0.717) is 12.2 Å². The van der Waals surface area contributed by atoms with Crippen LogP contribution in [-0.2, 0) is 17.8 Å². The number of hydrogen-bond donors (Lipinski definition) is 1. The highest BCUT2D eigenvalue weighted by molar-refractivity contribution is 7.14. The Bertz CT molecular complexity index is 1750. The molecule has 0 unspecified atom stereocenters. The second-order valence-electron chi connectivity index (χ2n) is 11.3. The molecule has 2 fully saturated rings. The number of esters is 1. The second-order valence-corrected chi connectivity index (χ2v) is 13.0. The third-order valence-electron chi connectivity index (χ3n) is 7.89. The number of ether oxygens (including phenoxy) is 1. The van der Waals surface area contributed by atoms with E-state index in [9.17, 15) is 34.9 Å². The van der Waals surface area contributed by atoms with Gasteiger partial charge in [0.05, 0.1) is 53.3 Å². The fourth-order valence-electron chi connectivity index (χ4n) is 5.55. The van der Waals surface area contributed by atoms with Crippen LogP contribution in [0.1, 0.15) is 77.8 Å². The molecule has 0 atom stereocenters. The van der Waals surface area contributed by atoms with E-state index >= 15 is 0 Å². The molecule has 1 N–H and O–H groups in total. The van der Waals surface area contributed by atoms with Gasteiger partial charge in [0.2, 0.25) is 0 Å². The van der Waals surface area contributed by atoms with Gasteiger partial charge in [0.25, 0.3) is 11.4 Å². The molecule has 0 saturated carbocycles. The van der Waals surface area contributed by atoms with Crippen molar-refractivity contribution in [2.45, 2.75) is 58.5 Å². The van der Waals surface area contributed by atoms with Crippen LogP contribution in [0.15, 0.2) is 35.3 Å². The Balaban J connectivity index is 0.000000188. The smallest absolute Gasteiger partial charge is 0.355 e. The fourth-order valence-corrected chi connectivity index (χ4v) is 7.29. The average molecular weight is 701 g/mol. The Hall–Kier alpha value is -4.84. The van der Waals surface area contributed by atoms with Crippen LogP contribution in [0.2, 0.25) is 0 Å². The summed E-state index contributed by atoms with van der Waals surface area (Å²) in [5.74, 6) is -1.76. The first kappa shape index (κ1) is 34.5. The van der Waals surface area contributed by atoms with E-state index in [2.05, 4.69) is 19.8 Å². The number of piperidine rings is 2. The zero-order valence-electron chi connectivity index (χ0n) is 26.4. The predicted octanol–water partition coefficient (Wildman–Crippen LogP) is 5.66. The lowest BCUT2D eigenvalue weighted by molar-refractivity contribution is -0.385. The van der Waals surface area contributed by atoms with Crippen molar-refractivity contribution in [2.24, 2.45) is 0 Å². The van der Waals surface area contributed by atoms with Gasteiger partial charge >= 0.3 is 11.9 Å². The van der Waals surface area contributed by atoms with Gasteiger partial charge < -0.3 is 28.8 Å². The number of carbonyl (C=O) groups is 2. The first-order valence-electron chi connectivity index (χ1n) is 15.6. The molecule has 4 aromatic rings. The summed E-state index contributed by atoms with van der Waals surface area (Å²) in [6, 6.07) is 2.32. The highest BCUT2D eigenvalue weighted by atomic mass is 32.1. The van der Waals surface area contributed by atoms with Gasteiger partial charge in [-0.05, 0) is 45.4 Å². The maximum Gasteiger partial charge on any atom is 0.355 e. The molecule has 0 radical (unpaired) electrons. The number of carbonyl (C=O) groups excluding carboxylic acids is 1. The molecule has 48 heavy (non-hydrogen) atoms. The minimum Gasteiger partial charge on any atom is -0.477 e. The number of carboxylic acid groups (broad SMARTS) is 1. The van der Waals surface area contributed by atoms with Crippen LogP contribution >= 0.6 is 22.7 Å². The lowest BCUT2D eigenvalue weighted by Gasteiger charge is -2.25. The molecule has 6 rings (SSSR count). The van der Waals surface area contributed by atoms with E-state index in [1.165, 1.54) is 64.6 Å². The summed E-state index contributed by atoms with van der Waals surface area (Å²) in [6.07, 6.45) is 9.74. The molecule has 0 spiro atoms. The van der Waals surface area contributed by atoms with Crippen molar-refractivity contribution in [3.8, 4) is 0 Å². The van der Waals surface area contributed by atoms with Gasteiger partial charge in [-0.2, -0.15) is 0 Å². The number of carboxylic acids is 1. The summed E-state index contributed by atoms with van der Waals surface area (Å²) < 4.78 is 7.88. The Morgan fingerprint density at radius 2 is 1.23 bits per heavy atom. The van der Waals surface area contributed by atoms with E-state index in [-0.39, 0.29) is 35.9 Å². The second kappa shape index (κ2) is 15.8. The number of aromatic nitrogens is 4. The predicted molar refractivity (Wildman–Crippen MR) is 180 cm³/mol. The van der Waals surface area contributed by atoms with E-state index in [4.69, 9.17) is 4.74 Å². The van der Waals surface area contributed by atoms with Crippen molar-refractivity contribution >= 4 is 56.3 Å². The highest BCUT2D eigenvalue weighted by Crippen LogP contribution is 2.27. The van der Waals surface area contributed by atoms with Crippen LogP contribution < -0.4 is 9.80 Å². The maximum atomic E-state index is 12.1. The Kier molecular flexibility index (Phi) is 11.4.